The van der Waals surface area contributed by atoms with Crippen LogP contribution in [0.25, 0.3) is 0 Å². The van der Waals surface area contributed by atoms with Gasteiger partial charge in [-0.1, -0.05) is 37.6 Å². The van der Waals surface area contributed by atoms with Crippen molar-refractivity contribution in [2.24, 2.45) is 5.92 Å². The Hall–Kier alpha value is -2.73. The van der Waals surface area contributed by atoms with E-state index in [4.69, 9.17) is 18.9 Å². The molecule has 0 unspecified atom stereocenters. The van der Waals surface area contributed by atoms with E-state index in [1.165, 1.54) is 13.0 Å². The van der Waals surface area contributed by atoms with Crippen molar-refractivity contribution in [2.75, 3.05) is 19.7 Å². The molecule has 3 amide bonds. The number of urea groups is 1. The number of amides is 3. The minimum atomic E-state index is -0.777. The van der Waals surface area contributed by atoms with Crippen LogP contribution < -0.4 is 16.0 Å². The number of ether oxygens (including phenoxy) is 4. The van der Waals surface area contributed by atoms with Crippen LogP contribution in [0.1, 0.15) is 67.2 Å². The van der Waals surface area contributed by atoms with Gasteiger partial charge in [0.15, 0.2) is 0 Å². The second kappa shape index (κ2) is 15.7. The van der Waals surface area contributed by atoms with Gasteiger partial charge in [0.25, 0.3) is 0 Å². The maximum Gasteiger partial charge on any atom is 0.314 e. The Morgan fingerprint density at radius 1 is 1.14 bits per heavy atom. The number of carbonyl (C=O) groups excluding carboxylic acids is 3. The Morgan fingerprint density at radius 2 is 1.88 bits per heavy atom. The first kappa shape index (κ1) is 33.8. The van der Waals surface area contributed by atoms with E-state index in [1.807, 2.05) is 32.9 Å². The summed E-state index contributed by atoms with van der Waals surface area (Å²) in [5.41, 5.74) is 0.405. The van der Waals surface area contributed by atoms with E-state index in [0.29, 0.717) is 32.5 Å². The summed E-state index contributed by atoms with van der Waals surface area (Å²) in [4.78, 5) is 35.4. The van der Waals surface area contributed by atoms with Gasteiger partial charge < -0.3 is 40.0 Å². The molecule has 3 fully saturated rings. The first-order valence-corrected chi connectivity index (χ1v) is 15.1. The molecule has 3 heterocycles. The lowest BCUT2D eigenvalue weighted by molar-refractivity contribution is -0.143. The van der Waals surface area contributed by atoms with Gasteiger partial charge in [-0.05, 0) is 52.0 Å². The number of esters is 1. The molecule has 1 spiro atoms. The van der Waals surface area contributed by atoms with Gasteiger partial charge in [-0.25, -0.2) is 4.79 Å². The maximum absolute atomic E-state index is 12.4. The van der Waals surface area contributed by atoms with Crippen LogP contribution in [0.2, 0.25) is 0 Å². The standard InChI is InChI=1S/C31H49N3O8/c1-7-14-32-30(38)33-17-24-16-31(18-39-31)29(37)27(42-24)12-9-19(2)8-11-26-20(3)15-25(22(5)41-26)34-28(36)13-10-21(4)40-23(6)35/h8-10,12-13,20-22,24-27,29,37H,7,11,14-18H2,1-6H3,(H,34,36)(H2,32,33,38)/t20-,21-,22+,24-,25+,26-,27+,29+,31+/m0/s1. The molecule has 3 rings (SSSR count). The van der Waals surface area contributed by atoms with E-state index >= 15 is 0 Å². The molecule has 42 heavy (non-hydrogen) atoms. The zero-order valence-corrected chi connectivity index (χ0v) is 25.8. The largest absolute Gasteiger partial charge is 0.459 e. The molecule has 3 saturated heterocycles. The number of hydrogen-bond donors (Lipinski definition) is 4. The average molecular weight is 592 g/mol. The van der Waals surface area contributed by atoms with E-state index < -0.39 is 29.9 Å². The van der Waals surface area contributed by atoms with Crippen LogP contribution in [-0.2, 0) is 28.5 Å². The number of nitrogens with one attached hydrogen (secondary N) is 3. The van der Waals surface area contributed by atoms with Crippen LogP contribution in [-0.4, -0.2) is 91.0 Å². The summed E-state index contributed by atoms with van der Waals surface area (Å²) in [5, 5.41) is 19.5. The van der Waals surface area contributed by atoms with Gasteiger partial charge in [0.05, 0.1) is 31.0 Å². The van der Waals surface area contributed by atoms with Crippen molar-refractivity contribution in [3.8, 4) is 0 Å². The van der Waals surface area contributed by atoms with Gasteiger partial charge in [-0.2, -0.15) is 0 Å². The summed E-state index contributed by atoms with van der Waals surface area (Å²) >= 11 is 0. The highest BCUT2D eigenvalue weighted by Crippen LogP contribution is 2.42. The SMILES string of the molecule is CCCNC(=O)NC[C@@H]1C[C@@]2(CO2)[C@H](O)[C@@H](C=CC(C)=CC[C@@H]2O[C@H](C)[C@H](NC(=O)C=C[C@H](C)OC(C)=O)C[C@@H]2C)O1. The molecule has 236 valence electrons. The number of hydrogen-bond acceptors (Lipinski definition) is 8. The van der Waals surface area contributed by atoms with Crippen molar-refractivity contribution < 1.29 is 38.4 Å². The molecule has 3 aliphatic heterocycles. The molecular formula is C31H49N3O8. The summed E-state index contributed by atoms with van der Waals surface area (Å²) in [5.74, 6) is -0.417. The van der Waals surface area contributed by atoms with E-state index in [1.54, 1.807) is 13.0 Å². The van der Waals surface area contributed by atoms with Gasteiger partial charge in [-0.3, -0.25) is 9.59 Å². The molecule has 9 atom stereocenters. The summed E-state index contributed by atoms with van der Waals surface area (Å²) in [6.07, 6.45) is 9.52. The van der Waals surface area contributed by atoms with Crippen LogP contribution in [0.4, 0.5) is 4.79 Å². The Bertz CT molecular complexity index is 1020. The average Bonchev–Trinajstić information content (AvgIpc) is 3.71. The van der Waals surface area contributed by atoms with E-state index in [9.17, 15) is 19.5 Å². The van der Waals surface area contributed by atoms with Gasteiger partial charge in [-0.15, -0.1) is 0 Å². The summed E-state index contributed by atoms with van der Waals surface area (Å²) in [6, 6.07) is -0.349. The Kier molecular flexibility index (Phi) is 12.6. The first-order valence-electron chi connectivity index (χ1n) is 15.1. The topological polar surface area (TPSA) is 148 Å². The van der Waals surface area contributed by atoms with Crippen molar-refractivity contribution in [1.29, 1.82) is 0 Å². The van der Waals surface area contributed by atoms with E-state index in [0.717, 1.165) is 18.4 Å². The number of carbonyl (C=O) groups is 3. The fourth-order valence-electron chi connectivity index (χ4n) is 5.39. The van der Waals surface area contributed by atoms with Crippen LogP contribution >= 0.6 is 0 Å². The third-order valence-corrected chi connectivity index (χ3v) is 7.95. The lowest BCUT2D eigenvalue weighted by Gasteiger charge is -2.39. The van der Waals surface area contributed by atoms with Crippen molar-refractivity contribution in [1.82, 2.24) is 16.0 Å². The van der Waals surface area contributed by atoms with E-state index in [2.05, 4.69) is 29.0 Å². The molecule has 3 aliphatic rings. The van der Waals surface area contributed by atoms with Crippen molar-refractivity contribution in [2.45, 2.75) is 115 Å². The second-order valence-corrected chi connectivity index (χ2v) is 11.8. The normalized spacial score (nSPS) is 33.9. The molecule has 0 saturated carbocycles. The fraction of sp³-hybridized carbons (Fsp3) is 0.710. The molecule has 4 N–H and O–H groups in total. The lowest BCUT2D eigenvalue weighted by Crippen LogP contribution is -2.53. The number of aliphatic hydroxyl groups is 1. The maximum atomic E-state index is 12.4. The smallest absolute Gasteiger partial charge is 0.314 e. The highest BCUT2D eigenvalue weighted by molar-refractivity contribution is 5.87. The molecular weight excluding hydrogens is 542 g/mol. The molecule has 11 heteroatoms. The second-order valence-electron chi connectivity index (χ2n) is 11.8. The van der Waals surface area contributed by atoms with Crippen LogP contribution in [0.3, 0.4) is 0 Å². The highest BCUT2D eigenvalue weighted by atomic mass is 16.6. The molecule has 0 aromatic heterocycles. The monoisotopic (exact) mass is 591 g/mol. The Labute approximate surface area is 249 Å². The van der Waals surface area contributed by atoms with Crippen molar-refractivity contribution in [3.63, 3.8) is 0 Å². The zero-order valence-electron chi connectivity index (χ0n) is 25.8. The van der Waals surface area contributed by atoms with Gasteiger partial charge >= 0.3 is 12.0 Å². The van der Waals surface area contributed by atoms with Gasteiger partial charge in [0, 0.05) is 32.5 Å². The Morgan fingerprint density at radius 3 is 2.55 bits per heavy atom. The molecule has 0 bridgehead atoms. The van der Waals surface area contributed by atoms with Crippen molar-refractivity contribution >= 4 is 17.9 Å². The Balaban J connectivity index is 1.48. The summed E-state index contributed by atoms with van der Waals surface area (Å²) in [6.45, 7) is 12.5. The molecule has 0 aromatic carbocycles. The lowest BCUT2D eigenvalue weighted by atomic mass is 9.87. The summed E-state index contributed by atoms with van der Waals surface area (Å²) < 4.78 is 23.0. The van der Waals surface area contributed by atoms with E-state index in [-0.39, 0.29) is 42.2 Å². The molecule has 11 nitrogen and oxygen atoms in total. The predicted octanol–water partition coefficient (Wildman–Crippen LogP) is 2.68. The number of aliphatic hydroxyl groups excluding tert-OH is 1. The summed E-state index contributed by atoms with van der Waals surface area (Å²) in [7, 11) is 0. The highest BCUT2D eigenvalue weighted by Gasteiger charge is 2.58. The third-order valence-electron chi connectivity index (χ3n) is 7.95. The number of rotatable bonds is 12. The van der Waals surface area contributed by atoms with Crippen LogP contribution in [0.15, 0.2) is 36.0 Å². The minimum absolute atomic E-state index is 0.00463. The molecule has 0 aliphatic carbocycles. The van der Waals surface area contributed by atoms with Crippen LogP contribution in [0.5, 0.6) is 0 Å². The van der Waals surface area contributed by atoms with Crippen molar-refractivity contribution in [3.05, 3.63) is 36.0 Å². The molecule has 0 aromatic rings. The predicted molar refractivity (Wildman–Crippen MR) is 158 cm³/mol. The minimum Gasteiger partial charge on any atom is -0.459 e. The van der Waals surface area contributed by atoms with Gasteiger partial charge in [0.2, 0.25) is 5.91 Å². The van der Waals surface area contributed by atoms with Crippen LogP contribution in [0, 0.1) is 5.92 Å². The quantitative estimate of drug-likeness (QED) is 0.117. The molecule has 0 radical (unpaired) electrons. The first-order chi connectivity index (χ1) is 19.9. The fourth-order valence-corrected chi connectivity index (χ4v) is 5.39. The number of epoxide rings is 1. The van der Waals surface area contributed by atoms with Gasteiger partial charge in [0.1, 0.15) is 23.9 Å². The zero-order chi connectivity index (χ0) is 30.9. The number of allylic oxidation sites excluding steroid dienone is 2. The third kappa shape index (κ3) is 10.2.